The third-order valence-electron chi connectivity index (χ3n) is 5.03. The Hall–Kier alpha value is -3.25. The van der Waals surface area contributed by atoms with E-state index in [2.05, 4.69) is 0 Å². The van der Waals surface area contributed by atoms with E-state index < -0.39 is 0 Å². The first-order valence-electron chi connectivity index (χ1n) is 9.35. The molecular formula is C23H20N2O3S. The zero-order chi connectivity index (χ0) is 20.4. The number of thiophene rings is 1. The summed E-state index contributed by atoms with van der Waals surface area (Å²) in [6.07, 6.45) is 0.599. The van der Waals surface area contributed by atoms with Gasteiger partial charge in [0.05, 0.1) is 11.1 Å². The molecule has 29 heavy (non-hydrogen) atoms. The van der Waals surface area contributed by atoms with Crippen LogP contribution < -0.4 is 0 Å². The summed E-state index contributed by atoms with van der Waals surface area (Å²) in [4.78, 5) is 41.1. The van der Waals surface area contributed by atoms with Gasteiger partial charge in [-0.3, -0.25) is 19.3 Å². The minimum atomic E-state index is -0.337. The molecule has 1 aliphatic heterocycles. The van der Waals surface area contributed by atoms with Gasteiger partial charge >= 0.3 is 0 Å². The van der Waals surface area contributed by atoms with Crippen LogP contribution in [-0.4, -0.2) is 41.1 Å². The number of fused-ring (bicyclic) bond motifs is 1. The number of rotatable bonds is 6. The summed E-state index contributed by atoms with van der Waals surface area (Å²) in [5, 5.41) is 3.97. The number of imide groups is 1. The van der Waals surface area contributed by atoms with Gasteiger partial charge in [0.1, 0.15) is 0 Å². The normalized spacial score (nSPS) is 12.9. The highest BCUT2D eigenvalue weighted by molar-refractivity contribution is 7.07. The molecule has 0 spiro atoms. The van der Waals surface area contributed by atoms with Crippen molar-refractivity contribution >= 4 is 29.1 Å². The van der Waals surface area contributed by atoms with Crippen molar-refractivity contribution in [3.63, 3.8) is 0 Å². The van der Waals surface area contributed by atoms with E-state index in [1.807, 2.05) is 47.2 Å². The fourth-order valence-electron chi connectivity index (χ4n) is 3.46. The van der Waals surface area contributed by atoms with Gasteiger partial charge in [-0.15, -0.1) is 0 Å². The minimum Gasteiger partial charge on any atom is -0.337 e. The molecule has 0 saturated carbocycles. The fraction of sp³-hybridized carbons (Fsp3) is 0.174. The molecule has 146 valence electrons. The molecule has 0 saturated heterocycles. The topological polar surface area (TPSA) is 57.7 Å². The summed E-state index contributed by atoms with van der Waals surface area (Å²) >= 11 is 1.58. The highest BCUT2D eigenvalue weighted by Crippen LogP contribution is 2.25. The first-order valence-corrected chi connectivity index (χ1v) is 10.3. The average molecular weight is 404 g/mol. The van der Waals surface area contributed by atoms with Gasteiger partial charge in [0.2, 0.25) is 0 Å². The Labute approximate surface area is 173 Å². The van der Waals surface area contributed by atoms with Crippen molar-refractivity contribution in [1.82, 2.24) is 9.80 Å². The second-order valence-corrected chi connectivity index (χ2v) is 7.83. The maximum atomic E-state index is 12.8. The van der Waals surface area contributed by atoms with E-state index in [-0.39, 0.29) is 17.7 Å². The van der Waals surface area contributed by atoms with Crippen molar-refractivity contribution in [2.45, 2.75) is 13.0 Å². The smallest absolute Gasteiger partial charge is 0.261 e. The molecule has 3 amide bonds. The largest absolute Gasteiger partial charge is 0.337 e. The lowest BCUT2D eigenvalue weighted by Crippen LogP contribution is -2.31. The van der Waals surface area contributed by atoms with Crippen molar-refractivity contribution in [3.05, 3.63) is 93.2 Å². The van der Waals surface area contributed by atoms with E-state index in [0.717, 1.165) is 11.1 Å². The SMILES string of the molecule is CN(Cc1ccsc1)C(=O)c1ccc2c(c1)C(=O)N(CCc1ccccc1)C2=O. The van der Waals surface area contributed by atoms with Crippen molar-refractivity contribution in [3.8, 4) is 0 Å². The third kappa shape index (κ3) is 3.84. The molecule has 0 N–H and O–H groups in total. The van der Waals surface area contributed by atoms with E-state index in [1.54, 1.807) is 41.5 Å². The summed E-state index contributed by atoms with van der Waals surface area (Å²) in [6, 6.07) is 16.5. The second kappa shape index (κ2) is 8.01. The van der Waals surface area contributed by atoms with Crippen LogP contribution in [0.15, 0.2) is 65.4 Å². The highest BCUT2D eigenvalue weighted by atomic mass is 32.1. The summed E-state index contributed by atoms with van der Waals surface area (Å²) in [6.45, 7) is 0.813. The van der Waals surface area contributed by atoms with Crippen LogP contribution in [0.5, 0.6) is 0 Å². The quantitative estimate of drug-likeness (QED) is 0.586. The molecule has 6 heteroatoms. The van der Waals surface area contributed by atoms with E-state index >= 15 is 0 Å². The van der Waals surface area contributed by atoms with Gasteiger partial charge < -0.3 is 4.90 Å². The predicted octanol–water partition coefficient (Wildman–Crippen LogP) is 3.86. The van der Waals surface area contributed by atoms with Crippen molar-refractivity contribution in [2.75, 3.05) is 13.6 Å². The van der Waals surface area contributed by atoms with Gasteiger partial charge in [0.25, 0.3) is 17.7 Å². The van der Waals surface area contributed by atoms with Gasteiger partial charge in [0, 0.05) is 25.7 Å². The number of benzene rings is 2. The Bertz CT molecular complexity index is 1060. The molecule has 0 aliphatic carbocycles. The Morgan fingerprint density at radius 1 is 0.966 bits per heavy atom. The number of hydrogen-bond donors (Lipinski definition) is 0. The Kier molecular flexibility index (Phi) is 5.27. The molecule has 0 fully saturated rings. The molecular weight excluding hydrogens is 384 g/mol. The lowest BCUT2D eigenvalue weighted by atomic mass is 10.0. The zero-order valence-electron chi connectivity index (χ0n) is 16.0. The van der Waals surface area contributed by atoms with E-state index in [0.29, 0.717) is 36.2 Å². The second-order valence-electron chi connectivity index (χ2n) is 7.05. The summed E-state index contributed by atoms with van der Waals surface area (Å²) < 4.78 is 0. The number of carbonyl (C=O) groups is 3. The first kappa shape index (κ1) is 19.1. The van der Waals surface area contributed by atoms with Crippen LogP contribution in [-0.2, 0) is 13.0 Å². The van der Waals surface area contributed by atoms with Gasteiger partial charge in [-0.25, -0.2) is 0 Å². The van der Waals surface area contributed by atoms with Crippen LogP contribution >= 0.6 is 11.3 Å². The summed E-state index contributed by atoms with van der Waals surface area (Å²) in [5.41, 5.74) is 3.20. The number of hydrogen-bond acceptors (Lipinski definition) is 4. The van der Waals surface area contributed by atoms with Crippen molar-refractivity contribution in [1.29, 1.82) is 0 Å². The number of amides is 3. The number of nitrogens with zero attached hydrogens (tertiary/aromatic N) is 2. The Morgan fingerprint density at radius 2 is 1.72 bits per heavy atom. The number of carbonyl (C=O) groups excluding carboxylic acids is 3. The van der Waals surface area contributed by atoms with E-state index in [1.165, 1.54) is 4.90 Å². The lowest BCUT2D eigenvalue weighted by molar-refractivity contribution is 0.0655. The molecule has 1 aromatic heterocycles. The van der Waals surface area contributed by atoms with Crippen molar-refractivity contribution < 1.29 is 14.4 Å². The van der Waals surface area contributed by atoms with Crippen molar-refractivity contribution in [2.24, 2.45) is 0 Å². The molecule has 0 bridgehead atoms. The highest BCUT2D eigenvalue weighted by Gasteiger charge is 2.35. The van der Waals surface area contributed by atoms with Gasteiger partial charge in [-0.1, -0.05) is 30.3 Å². The van der Waals surface area contributed by atoms with Crippen LogP contribution in [0.25, 0.3) is 0 Å². The van der Waals surface area contributed by atoms with Gasteiger partial charge in [0.15, 0.2) is 0 Å². The summed E-state index contributed by atoms with van der Waals surface area (Å²) in [5.74, 6) is -0.815. The molecule has 2 heterocycles. The van der Waals surface area contributed by atoms with Crippen LogP contribution in [0, 0.1) is 0 Å². The Morgan fingerprint density at radius 3 is 2.45 bits per heavy atom. The zero-order valence-corrected chi connectivity index (χ0v) is 16.8. The van der Waals surface area contributed by atoms with Gasteiger partial charge in [-0.05, 0) is 52.6 Å². The van der Waals surface area contributed by atoms with E-state index in [4.69, 9.17) is 0 Å². The molecule has 1 aliphatic rings. The Balaban J connectivity index is 1.49. The van der Waals surface area contributed by atoms with Crippen LogP contribution in [0.2, 0.25) is 0 Å². The predicted molar refractivity (Wildman–Crippen MR) is 112 cm³/mol. The van der Waals surface area contributed by atoms with Crippen LogP contribution in [0.4, 0.5) is 0 Å². The molecule has 5 nitrogen and oxygen atoms in total. The molecule has 0 atom stereocenters. The standard InChI is InChI=1S/C23H20N2O3S/c1-24(14-17-10-12-29-15-17)21(26)18-7-8-19-20(13-18)23(28)25(22(19)27)11-9-16-5-3-2-4-6-16/h2-8,10,12-13,15H,9,11,14H2,1H3. The maximum Gasteiger partial charge on any atom is 0.261 e. The lowest BCUT2D eigenvalue weighted by Gasteiger charge is -2.16. The third-order valence-corrected chi connectivity index (χ3v) is 5.76. The summed E-state index contributed by atoms with van der Waals surface area (Å²) in [7, 11) is 1.73. The fourth-order valence-corrected chi connectivity index (χ4v) is 4.12. The first-order chi connectivity index (χ1) is 14.0. The molecule has 0 unspecified atom stereocenters. The van der Waals surface area contributed by atoms with Gasteiger partial charge in [-0.2, -0.15) is 11.3 Å². The monoisotopic (exact) mass is 404 g/mol. The molecule has 4 rings (SSSR count). The molecule has 0 radical (unpaired) electrons. The average Bonchev–Trinajstić information content (AvgIpc) is 3.33. The van der Waals surface area contributed by atoms with Crippen LogP contribution in [0.3, 0.4) is 0 Å². The van der Waals surface area contributed by atoms with E-state index in [9.17, 15) is 14.4 Å². The maximum absolute atomic E-state index is 12.8. The molecule has 3 aromatic rings. The van der Waals surface area contributed by atoms with Crippen LogP contribution in [0.1, 0.15) is 42.2 Å². The molecule has 2 aromatic carbocycles. The minimum absolute atomic E-state index is 0.179.